The number of carbonyl (C=O) groups excluding carboxylic acids is 2. The first-order valence-electron chi connectivity index (χ1n) is 9.37. The highest BCUT2D eigenvalue weighted by atomic mass is 16.5. The van der Waals surface area contributed by atoms with Gasteiger partial charge in [-0.15, -0.1) is 0 Å². The molecule has 4 rings (SSSR count). The number of rotatable bonds is 7. The molecule has 0 atom stereocenters. The van der Waals surface area contributed by atoms with Gasteiger partial charge in [0.2, 0.25) is 0 Å². The highest BCUT2D eigenvalue weighted by Crippen LogP contribution is 2.24. The third-order valence-electron chi connectivity index (χ3n) is 4.38. The first-order chi connectivity index (χ1) is 14.7. The molecule has 0 saturated carbocycles. The number of amides is 1. The zero-order valence-corrected chi connectivity index (χ0v) is 16.0. The molecular weight excluding hydrogens is 382 g/mol. The number of para-hydroxylation sites is 1. The van der Waals surface area contributed by atoms with Crippen molar-refractivity contribution in [2.45, 2.75) is 6.61 Å². The number of benzene rings is 2. The second-order valence-corrected chi connectivity index (χ2v) is 6.47. The molecule has 30 heavy (non-hydrogen) atoms. The number of nitrogens with zero attached hydrogens (tertiary/aromatic N) is 2. The molecule has 0 saturated heterocycles. The third kappa shape index (κ3) is 4.47. The number of furan rings is 1. The van der Waals surface area contributed by atoms with Crippen molar-refractivity contribution >= 4 is 11.9 Å². The predicted octanol–water partition coefficient (Wildman–Crippen LogP) is 3.61. The maximum atomic E-state index is 12.1. The van der Waals surface area contributed by atoms with Gasteiger partial charge in [-0.05, 0) is 24.3 Å². The van der Waals surface area contributed by atoms with Crippen molar-refractivity contribution < 1.29 is 18.7 Å². The third-order valence-corrected chi connectivity index (χ3v) is 4.38. The van der Waals surface area contributed by atoms with Crippen molar-refractivity contribution in [2.75, 3.05) is 6.54 Å². The molecule has 0 aliphatic heterocycles. The van der Waals surface area contributed by atoms with Crippen LogP contribution in [0.3, 0.4) is 0 Å². The summed E-state index contributed by atoms with van der Waals surface area (Å²) < 4.78 is 12.1. The molecule has 2 heterocycles. The maximum Gasteiger partial charge on any atom is 0.325 e. The van der Waals surface area contributed by atoms with E-state index in [9.17, 15) is 9.59 Å². The molecule has 4 aromatic rings. The number of hydrogen-bond donors (Lipinski definition) is 1. The number of carbonyl (C=O) groups is 2. The Morgan fingerprint density at radius 3 is 2.40 bits per heavy atom. The van der Waals surface area contributed by atoms with Crippen molar-refractivity contribution in [3.63, 3.8) is 0 Å². The van der Waals surface area contributed by atoms with E-state index < -0.39 is 11.9 Å². The molecule has 7 heteroatoms. The van der Waals surface area contributed by atoms with Crippen molar-refractivity contribution in [3.05, 3.63) is 96.6 Å². The summed E-state index contributed by atoms with van der Waals surface area (Å²) in [4.78, 5) is 24.0. The molecule has 1 amide bonds. The normalized spacial score (nSPS) is 10.5. The molecule has 7 nitrogen and oxygen atoms in total. The summed E-state index contributed by atoms with van der Waals surface area (Å²) in [7, 11) is 0. The molecule has 150 valence electrons. The number of aromatic nitrogens is 2. The standard InChI is InChI=1S/C23H19N3O4/c27-21(14-24-23(28)20-12-7-13-29-20)30-16-18-15-26(19-10-5-2-6-11-19)25-22(18)17-8-3-1-4-9-17/h1-13,15H,14,16H2,(H,24,28). The maximum absolute atomic E-state index is 12.1. The molecule has 0 radical (unpaired) electrons. The molecule has 0 aliphatic carbocycles. The molecule has 0 aliphatic rings. The highest BCUT2D eigenvalue weighted by molar-refractivity contribution is 5.93. The van der Waals surface area contributed by atoms with Crippen LogP contribution in [0.5, 0.6) is 0 Å². The molecule has 2 aromatic heterocycles. The summed E-state index contributed by atoms with van der Waals surface area (Å²) in [5, 5.41) is 7.15. The van der Waals surface area contributed by atoms with Crippen LogP contribution in [0.25, 0.3) is 16.9 Å². The largest absolute Gasteiger partial charge is 0.459 e. The lowest BCUT2D eigenvalue weighted by Crippen LogP contribution is -2.30. The van der Waals surface area contributed by atoms with Crippen LogP contribution in [0.4, 0.5) is 0 Å². The van der Waals surface area contributed by atoms with Crippen molar-refractivity contribution in [3.8, 4) is 16.9 Å². The minimum absolute atomic E-state index is 0.0342. The van der Waals surface area contributed by atoms with E-state index in [0.717, 1.165) is 22.5 Å². The van der Waals surface area contributed by atoms with Crippen LogP contribution >= 0.6 is 0 Å². The Morgan fingerprint density at radius 2 is 1.70 bits per heavy atom. The average molecular weight is 401 g/mol. The van der Waals surface area contributed by atoms with Gasteiger partial charge in [0.25, 0.3) is 5.91 Å². The van der Waals surface area contributed by atoms with Crippen LogP contribution in [0.1, 0.15) is 16.1 Å². The first-order valence-corrected chi connectivity index (χ1v) is 9.37. The van der Waals surface area contributed by atoms with E-state index in [-0.39, 0.29) is 18.9 Å². The minimum atomic E-state index is -0.554. The van der Waals surface area contributed by atoms with Crippen LogP contribution in [0.15, 0.2) is 89.7 Å². The molecule has 2 aromatic carbocycles. The summed E-state index contributed by atoms with van der Waals surface area (Å²) in [6.07, 6.45) is 3.23. The second-order valence-electron chi connectivity index (χ2n) is 6.47. The SMILES string of the molecule is O=C(CNC(=O)c1ccco1)OCc1cn(-c2ccccc2)nc1-c1ccccc1. The fourth-order valence-electron chi connectivity index (χ4n) is 2.92. The Morgan fingerprint density at radius 1 is 0.967 bits per heavy atom. The number of ether oxygens (including phenoxy) is 1. The van der Waals surface area contributed by atoms with E-state index in [0.29, 0.717) is 0 Å². The zero-order chi connectivity index (χ0) is 20.8. The molecule has 0 spiro atoms. The smallest absolute Gasteiger partial charge is 0.325 e. The molecule has 0 bridgehead atoms. The molecular formula is C23H19N3O4. The van der Waals surface area contributed by atoms with E-state index in [2.05, 4.69) is 10.4 Å². The van der Waals surface area contributed by atoms with Gasteiger partial charge in [0, 0.05) is 17.3 Å². The Bertz CT molecular complexity index is 1120. The monoisotopic (exact) mass is 401 g/mol. The Balaban J connectivity index is 1.46. The quantitative estimate of drug-likeness (QED) is 0.478. The van der Waals surface area contributed by atoms with Gasteiger partial charge in [0.15, 0.2) is 5.76 Å². The zero-order valence-electron chi connectivity index (χ0n) is 16.0. The van der Waals surface area contributed by atoms with Crippen LogP contribution in [0, 0.1) is 0 Å². The van der Waals surface area contributed by atoms with Crippen molar-refractivity contribution in [1.29, 1.82) is 0 Å². The Labute approximate surface area is 172 Å². The number of hydrogen-bond acceptors (Lipinski definition) is 5. The van der Waals surface area contributed by atoms with Crippen molar-refractivity contribution in [2.24, 2.45) is 0 Å². The predicted molar refractivity (Wildman–Crippen MR) is 110 cm³/mol. The van der Waals surface area contributed by atoms with E-state index in [1.165, 1.54) is 12.3 Å². The average Bonchev–Trinajstić information content (AvgIpc) is 3.48. The van der Waals surface area contributed by atoms with Gasteiger partial charge in [-0.3, -0.25) is 9.59 Å². The second kappa shape index (κ2) is 8.91. The summed E-state index contributed by atoms with van der Waals surface area (Å²) in [6.45, 7) is -0.223. The van der Waals surface area contributed by atoms with Gasteiger partial charge in [-0.1, -0.05) is 48.5 Å². The van der Waals surface area contributed by atoms with E-state index in [4.69, 9.17) is 9.15 Å². The van der Waals surface area contributed by atoms with Gasteiger partial charge in [-0.25, -0.2) is 4.68 Å². The Hall–Kier alpha value is -4.13. The van der Waals surface area contributed by atoms with Gasteiger partial charge in [-0.2, -0.15) is 5.10 Å². The molecule has 1 N–H and O–H groups in total. The molecule has 0 fully saturated rings. The number of nitrogens with one attached hydrogen (secondary N) is 1. The van der Waals surface area contributed by atoms with Gasteiger partial charge in [0.05, 0.1) is 17.6 Å². The lowest BCUT2D eigenvalue weighted by atomic mass is 10.1. The van der Waals surface area contributed by atoms with Gasteiger partial charge in [0.1, 0.15) is 13.2 Å². The lowest BCUT2D eigenvalue weighted by molar-refractivity contribution is -0.143. The summed E-state index contributed by atoms with van der Waals surface area (Å²) >= 11 is 0. The fraction of sp³-hybridized carbons (Fsp3) is 0.0870. The number of esters is 1. The topological polar surface area (TPSA) is 86.4 Å². The van der Waals surface area contributed by atoms with Crippen LogP contribution in [0.2, 0.25) is 0 Å². The fourth-order valence-corrected chi connectivity index (χ4v) is 2.92. The Kier molecular flexibility index (Phi) is 5.70. The lowest BCUT2D eigenvalue weighted by Gasteiger charge is -2.06. The van der Waals surface area contributed by atoms with Crippen LogP contribution in [-0.2, 0) is 16.1 Å². The van der Waals surface area contributed by atoms with E-state index in [1.807, 2.05) is 66.9 Å². The summed E-state index contributed by atoms with van der Waals surface area (Å²) in [5.41, 5.74) is 3.31. The first kappa shape index (κ1) is 19.2. The van der Waals surface area contributed by atoms with Gasteiger partial charge < -0.3 is 14.5 Å². The van der Waals surface area contributed by atoms with Crippen LogP contribution < -0.4 is 5.32 Å². The summed E-state index contributed by atoms with van der Waals surface area (Å²) in [5.74, 6) is -0.890. The van der Waals surface area contributed by atoms with Gasteiger partial charge >= 0.3 is 5.97 Å². The molecule has 0 unspecified atom stereocenters. The summed E-state index contributed by atoms with van der Waals surface area (Å²) in [6, 6.07) is 22.5. The highest BCUT2D eigenvalue weighted by Gasteiger charge is 2.15. The van der Waals surface area contributed by atoms with E-state index >= 15 is 0 Å². The van der Waals surface area contributed by atoms with Crippen molar-refractivity contribution in [1.82, 2.24) is 15.1 Å². The van der Waals surface area contributed by atoms with E-state index in [1.54, 1.807) is 10.7 Å². The van der Waals surface area contributed by atoms with Crippen LogP contribution in [-0.4, -0.2) is 28.2 Å². The minimum Gasteiger partial charge on any atom is -0.459 e.